The average Bonchev–Trinajstić information content (AvgIpc) is 2.87. The molecule has 0 saturated carbocycles. The maximum Gasteiger partial charge on any atom is 0.0803 e. The van der Waals surface area contributed by atoms with Crippen LogP contribution in [0.15, 0.2) is 24.3 Å². The van der Waals surface area contributed by atoms with Crippen molar-refractivity contribution in [3.63, 3.8) is 0 Å². The van der Waals surface area contributed by atoms with Crippen LogP contribution in [-0.4, -0.2) is 16.1 Å². The van der Waals surface area contributed by atoms with Gasteiger partial charge in [0.2, 0.25) is 0 Å². The van der Waals surface area contributed by atoms with E-state index in [1.807, 2.05) is 0 Å². The van der Waals surface area contributed by atoms with E-state index in [1.165, 1.54) is 27.5 Å². The van der Waals surface area contributed by atoms with E-state index in [-0.39, 0.29) is 0 Å². The molecule has 0 saturated heterocycles. The average molecular weight is 289 g/mol. The Hall–Kier alpha value is -1.26. The molecule has 1 aromatic heterocycles. The zero-order valence-electron chi connectivity index (χ0n) is 12.5. The fourth-order valence-corrected chi connectivity index (χ4v) is 3.24. The Morgan fingerprint density at radius 1 is 1.30 bits per heavy atom. The normalized spacial score (nSPS) is 12.6. The summed E-state index contributed by atoms with van der Waals surface area (Å²) in [5.41, 5.74) is 3.84. The molecule has 1 heterocycles. The molecule has 0 amide bonds. The number of rotatable bonds is 7. The van der Waals surface area contributed by atoms with Crippen LogP contribution in [0.5, 0.6) is 0 Å². The van der Waals surface area contributed by atoms with Crippen LogP contribution in [-0.2, 0) is 12.8 Å². The summed E-state index contributed by atoms with van der Waals surface area (Å²) in [5.74, 6) is 0. The lowest BCUT2D eigenvalue weighted by Gasteiger charge is -2.17. The first-order valence-corrected chi connectivity index (χ1v) is 8.12. The topological polar surface area (TPSA) is 37.8 Å². The molecule has 4 heteroatoms. The summed E-state index contributed by atoms with van der Waals surface area (Å²) in [6.45, 7) is 7.44. The van der Waals surface area contributed by atoms with Gasteiger partial charge in [0.15, 0.2) is 0 Å². The highest BCUT2D eigenvalue weighted by molar-refractivity contribution is 7.05. The Balaban J connectivity index is 2.20. The van der Waals surface area contributed by atoms with Crippen LogP contribution < -0.4 is 5.32 Å². The Labute approximate surface area is 125 Å². The standard InChI is InChI=1S/C16H23N3S/c1-4-7-14-16(20-19-18-14)15(17-5-2)11-13-9-6-8-12(3)10-13/h6,8-10,15,17H,4-5,7,11H2,1-3H3. The molecule has 0 fully saturated rings. The molecule has 0 radical (unpaired) electrons. The minimum absolute atomic E-state index is 0.323. The molecule has 1 N–H and O–H groups in total. The van der Waals surface area contributed by atoms with Crippen molar-refractivity contribution in [2.75, 3.05) is 6.54 Å². The maximum atomic E-state index is 4.30. The van der Waals surface area contributed by atoms with E-state index in [4.69, 9.17) is 0 Å². The SMILES string of the molecule is CCCc1nnsc1C(Cc1cccc(C)c1)NCC. The summed E-state index contributed by atoms with van der Waals surface area (Å²) in [4.78, 5) is 1.30. The minimum Gasteiger partial charge on any atom is -0.309 e. The summed E-state index contributed by atoms with van der Waals surface area (Å²) in [5, 5.41) is 7.88. The summed E-state index contributed by atoms with van der Waals surface area (Å²) < 4.78 is 4.15. The fourth-order valence-electron chi connectivity index (χ4n) is 2.47. The number of aromatic nitrogens is 2. The molecule has 0 aliphatic heterocycles. The number of aryl methyl sites for hydroxylation is 2. The van der Waals surface area contributed by atoms with Crippen molar-refractivity contribution in [2.24, 2.45) is 0 Å². The number of likely N-dealkylation sites (N-methyl/N-ethyl adjacent to an activating group) is 1. The van der Waals surface area contributed by atoms with Crippen molar-refractivity contribution in [2.45, 2.75) is 46.1 Å². The van der Waals surface area contributed by atoms with Gasteiger partial charge in [-0.1, -0.05) is 54.6 Å². The smallest absolute Gasteiger partial charge is 0.0803 e. The highest BCUT2D eigenvalue weighted by atomic mass is 32.1. The zero-order chi connectivity index (χ0) is 14.4. The molecule has 3 nitrogen and oxygen atoms in total. The molecule has 1 unspecified atom stereocenters. The van der Waals surface area contributed by atoms with Crippen LogP contribution in [0.1, 0.15) is 48.0 Å². The number of hydrogen-bond acceptors (Lipinski definition) is 4. The molecular weight excluding hydrogens is 266 g/mol. The summed E-state index contributed by atoms with van der Waals surface area (Å²) in [6, 6.07) is 9.06. The molecule has 0 bridgehead atoms. The summed E-state index contributed by atoms with van der Waals surface area (Å²) >= 11 is 1.54. The molecule has 1 aromatic carbocycles. The predicted molar refractivity (Wildman–Crippen MR) is 85.2 cm³/mol. The van der Waals surface area contributed by atoms with E-state index >= 15 is 0 Å². The van der Waals surface area contributed by atoms with E-state index in [2.05, 4.69) is 59.9 Å². The van der Waals surface area contributed by atoms with Gasteiger partial charge in [-0.15, -0.1) is 5.10 Å². The zero-order valence-corrected chi connectivity index (χ0v) is 13.3. The molecule has 0 spiro atoms. The molecule has 0 aliphatic rings. The molecule has 0 aliphatic carbocycles. The van der Waals surface area contributed by atoms with Crippen molar-refractivity contribution in [1.29, 1.82) is 0 Å². The second-order valence-corrected chi connectivity index (χ2v) is 5.92. The van der Waals surface area contributed by atoms with Crippen molar-refractivity contribution in [3.05, 3.63) is 46.0 Å². The van der Waals surface area contributed by atoms with Gasteiger partial charge < -0.3 is 5.32 Å². The molecule has 20 heavy (non-hydrogen) atoms. The van der Waals surface area contributed by atoms with Crippen molar-refractivity contribution in [1.82, 2.24) is 14.9 Å². The highest BCUT2D eigenvalue weighted by Crippen LogP contribution is 2.25. The molecular formula is C16H23N3S. The van der Waals surface area contributed by atoms with Crippen molar-refractivity contribution in [3.8, 4) is 0 Å². The van der Waals surface area contributed by atoms with Crippen LogP contribution in [0.25, 0.3) is 0 Å². The maximum absolute atomic E-state index is 4.30. The van der Waals surface area contributed by atoms with Gasteiger partial charge in [0.1, 0.15) is 0 Å². The second kappa shape index (κ2) is 7.50. The van der Waals surface area contributed by atoms with Gasteiger partial charge in [-0.25, -0.2) is 0 Å². The summed E-state index contributed by atoms with van der Waals surface area (Å²) in [6.07, 6.45) is 3.12. The van der Waals surface area contributed by atoms with E-state index in [1.54, 1.807) is 0 Å². The van der Waals surface area contributed by atoms with Crippen LogP contribution in [0.3, 0.4) is 0 Å². The number of nitrogens with one attached hydrogen (secondary N) is 1. The summed E-state index contributed by atoms with van der Waals surface area (Å²) in [7, 11) is 0. The Morgan fingerprint density at radius 3 is 2.85 bits per heavy atom. The lowest BCUT2D eigenvalue weighted by Crippen LogP contribution is -2.23. The van der Waals surface area contributed by atoms with Gasteiger partial charge >= 0.3 is 0 Å². The number of nitrogens with zero attached hydrogens (tertiary/aromatic N) is 2. The molecule has 108 valence electrons. The second-order valence-electron chi connectivity index (χ2n) is 5.14. The third-order valence-corrected chi connectivity index (χ3v) is 4.24. The lowest BCUT2D eigenvalue weighted by molar-refractivity contribution is 0.551. The van der Waals surface area contributed by atoms with Crippen LogP contribution in [0.4, 0.5) is 0 Å². The molecule has 2 rings (SSSR count). The van der Waals surface area contributed by atoms with Gasteiger partial charge in [0, 0.05) is 6.04 Å². The fraction of sp³-hybridized carbons (Fsp3) is 0.500. The Morgan fingerprint density at radius 2 is 2.15 bits per heavy atom. The van der Waals surface area contributed by atoms with Gasteiger partial charge in [0.25, 0.3) is 0 Å². The monoisotopic (exact) mass is 289 g/mol. The Bertz CT molecular complexity index is 536. The Kier molecular flexibility index (Phi) is 5.68. The molecule has 1 atom stereocenters. The quantitative estimate of drug-likeness (QED) is 0.844. The highest BCUT2D eigenvalue weighted by Gasteiger charge is 2.18. The van der Waals surface area contributed by atoms with Crippen LogP contribution >= 0.6 is 11.5 Å². The first-order chi connectivity index (χ1) is 9.74. The first-order valence-electron chi connectivity index (χ1n) is 7.34. The van der Waals surface area contributed by atoms with E-state index in [0.29, 0.717) is 6.04 Å². The van der Waals surface area contributed by atoms with Gasteiger partial charge in [0.05, 0.1) is 10.6 Å². The van der Waals surface area contributed by atoms with E-state index < -0.39 is 0 Å². The van der Waals surface area contributed by atoms with Gasteiger partial charge in [-0.05, 0) is 43.4 Å². The third kappa shape index (κ3) is 3.87. The van der Waals surface area contributed by atoms with Crippen molar-refractivity contribution < 1.29 is 0 Å². The number of hydrogen-bond donors (Lipinski definition) is 1. The third-order valence-electron chi connectivity index (χ3n) is 3.36. The van der Waals surface area contributed by atoms with Gasteiger partial charge in [-0.2, -0.15) is 0 Å². The largest absolute Gasteiger partial charge is 0.309 e. The lowest BCUT2D eigenvalue weighted by atomic mass is 10.0. The number of benzene rings is 1. The van der Waals surface area contributed by atoms with Crippen molar-refractivity contribution >= 4 is 11.5 Å². The van der Waals surface area contributed by atoms with Crippen LogP contribution in [0.2, 0.25) is 0 Å². The van der Waals surface area contributed by atoms with E-state index in [9.17, 15) is 0 Å². The molecule has 2 aromatic rings. The predicted octanol–water partition coefficient (Wildman–Crippen LogP) is 3.69. The van der Waals surface area contributed by atoms with Gasteiger partial charge in [-0.3, -0.25) is 0 Å². The van der Waals surface area contributed by atoms with Crippen LogP contribution in [0, 0.1) is 6.92 Å². The first kappa shape index (κ1) is 15.1. The van der Waals surface area contributed by atoms with E-state index in [0.717, 1.165) is 31.5 Å². The minimum atomic E-state index is 0.323.